The van der Waals surface area contributed by atoms with Crippen molar-refractivity contribution in [2.45, 2.75) is 26.7 Å². The molecule has 0 spiro atoms. The van der Waals surface area contributed by atoms with E-state index in [4.69, 9.17) is 0 Å². The molecular formula is C11H22N2O. The fraction of sp³-hybridized carbons (Fsp3) is 0.909. The van der Waals surface area contributed by atoms with E-state index in [0.29, 0.717) is 5.92 Å². The lowest BCUT2D eigenvalue weighted by atomic mass is 9.73. The third-order valence-electron chi connectivity index (χ3n) is 3.32. The van der Waals surface area contributed by atoms with Crippen molar-refractivity contribution in [3.8, 4) is 0 Å². The summed E-state index contributed by atoms with van der Waals surface area (Å²) in [6.45, 7) is 6.25. The topological polar surface area (TPSA) is 32.3 Å². The molecule has 0 aromatic carbocycles. The number of carbonyl (C=O) groups is 1. The van der Waals surface area contributed by atoms with Crippen LogP contribution >= 0.6 is 0 Å². The van der Waals surface area contributed by atoms with E-state index in [-0.39, 0.29) is 11.3 Å². The third kappa shape index (κ3) is 2.27. The first-order valence-electron chi connectivity index (χ1n) is 5.38. The highest BCUT2D eigenvalue weighted by atomic mass is 16.2. The smallest absolute Gasteiger partial charge is 0.227 e. The van der Waals surface area contributed by atoms with Gasteiger partial charge >= 0.3 is 0 Å². The van der Waals surface area contributed by atoms with Crippen molar-refractivity contribution >= 4 is 5.91 Å². The zero-order chi connectivity index (χ0) is 10.8. The van der Waals surface area contributed by atoms with Gasteiger partial charge in [0, 0.05) is 19.5 Å². The zero-order valence-corrected chi connectivity index (χ0v) is 9.76. The standard InChI is InChI=1S/C11H22N2O/c1-11(2,10(14)13(3)4)9-5-7-12-8-6-9/h9,12H,5-8H2,1-4H3. The summed E-state index contributed by atoms with van der Waals surface area (Å²) in [5.41, 5.74) is -0.203. The summed E-state index contributed by atoms with van der Waals surface area (Å²) in [4.78, 5) is 13.7. The second-order valence-corrected chi connectivity index (χ2v) is 4.95. The van der Waals surface area contributed by atoms with Crippen LogP contribution in [0.15, 0.2) is 0 Å². The summed E-state index contributed by atoms with van der Waals surface area (Å²) in [5.74, 6) is 0.781. The van der Waals surface area contributed by atoms with E-state index in [1.54, 1.807) is 4.90 Å². The number of rotatable bonds is 2. The number of hydrogen-bond acceptors (Lipinski definition) is 2. The van der Waals surface area contributed by atoms with Gasteiger partial charge in [-0.25, -0.2) is 0 Å². The molecule has 0 aromatic heterocycles. The van der Waals surface area contributed by atoms with E-state index in [0.717, 1.165) is 25.9 Å². The Labute approximate surface area is 86.9 Å². The molecule has 0 aromatic rings. The van der Waals surface area contributed by atoms with Crippen LogP contribution in [0.5, 0.6) is 0 Å². The Bertz CT molecular complexity index is 205. The third-order valence-corrected chi connectivity index (χ3v) is 3.32. The molecule has 82 valence electrons. The molecule has 1 aliphatic heterocycles. The average molecular weight is 198 g/mol. The van der Waals surface area contributed by atoms with Crippen LogP contribution in [-0.2, 0) is 4.79 Å². The summed E-state index contributed by atoms with van der Waals surface area (Å²) in [6.07, 6.45) is 2.24. The highest BCUT2D eigenvalue weighted by Crippen LogP contribution is 2.34. The van der Waals surface area contributed by atoms with Crippen LogP contribution in [0.4, 0.5) is 0 Å². The highest BCUT2D eigenvalue weighted by molar-refractivity contribution is 5.81. The maximum atomic E-state index is 12.0. The van der Waals surface area contributed by atoms with E-state index >= 15 is 0 Å². The van der Waals surface area contributed by atoms with Crippen LogP contribution < -0.4 is 5.32 Å². The van der Waals surface area contributed by atoms with Crippen LogP contribution in [0.1, 0.15) is 26.7 Å². The molecule has 0 atom stereocenters. The van der Waals surface area contributed by atoms with E-state index in [9.17, 15) is 4.79 Å². The van der Waals surface area contributed by atoms with Crippen LogP contribution in [0, 0.1) is 11.3 Å². The number of amides is 1. The fourth-order valence-electron chi connectivity index (χ4n) is 2.29. The summed E-state index contributed by atoms with van der Waals surface area (Å²) in [7, 11) is 3.68. The van der Waals surface area contributed by atoms with E-state index in [1.807, 2.05) is 14.1 Å². The van der Waals surface area contributed by atoms with Crippen LogP contribution in [0.2, 0.25) is 0 Å². The van der Waals surface area contributed by atoms with E-state index in [2.05, 4.69) is 19.2 Å². The fourth-order valence-corrected chi connectivity index (χ4v) is 2.29. The Kier molecular flexibility index (Phi) is 3.53. The van der Waals surface area contributed by atoms with Gasteiger partial charge < -0.3 is 10.2 Å². The normalized spacial score (nSPS) is 19.4. The second kappa shape index (κ2) is 4.30. The van der Waals surface area contributed by atoms with Gasteiger partial charge in [0.2, 0.25) is 5.91 Å². The molecule has 0 unspecified atom stereocenters. The maximum absolute atomic E-state index is 12.0. The van der Waals surface area contributed by atoms with Crippen molar-refractivity contribution in [1.29, 1.82) is 0 Å². The Morgan fingerprint density at radius 3 is 2.21 bits per heavy atom. The Morgan fingerprint density at radius 2 is 1.79 bits per heavy atom. The molecule has 1 aliphatic rings. The molecule has 0 aliphatic carbocycles. The van der Waals surface area contributed by atoms with Crippen molar-refractivity contribution in [1.82, 2.24) is 10.2 Å². The van der Waals surface area contributed by atoms with Gasteiger partial charge in [-0.2, -0.15) is 0 Å². The second-order valence-electron chi connectivity index (χ2n) is 4.95. The summed E-state index contributed by atoms with van der Waals surface area (Å²) in [5, 5.41) is 3.33. The average Bonchev–Trinajstić information content (AvgIpc) is 2.18. The lowest BCUT2D eigenvalue weighted by molar-refractivity contribution is -0.141. The predicted octanol–water partition coefficient (Wildman–Crippen LogP) is 1.10. The Morgan fingerprint density at radius 1 is 1.29 bits per heavy atom. The van der Waals surface area contributed by atoms with Crippen molar-refractivity contribution < 1.29 is 4.79 Å². The number of hydrogen-bond donors (Lipinski definition) is 1. The number of nitrogens with one attached hydrogen (secondary N) is 1. The molecule has 1 fully saturated rings. The molecule has 0 radical (unpaired) electrons. The van der Waals surface area contributed by atoms with Gasteiger partial charge in [0.05, 0.1) is 0 Å². The van der Waals surface area contributed by atoms with Gasteiger partial charge in [0.1, 0.15) is 0 Å². The van der Waals surface area contributed by atoms with E-state index in [1.165, 1.54) is 0 Å². The molecule has 1 rings (SSSR count). The monoisotopic (exact) mass is 198 g/mol. The largest absolute Gasteiger partial charge is 0.348 e. The number of piperidine rings is 1. The Hall–Kier alpha value is -0.570. The van der Waals surface area contributed by atoms with Crippen LogP contribution in [-0.4, -0.2) is 38.0 Å². The van der Waals surface area contributed by atoms with Crippen LogP contribution in [0.3, 0.4) is 0 Å². The highest BCUT2D eigenvalue weighted by Gasteiger charge is 2.37. The van der Waals surface area contributed by atoms with Crippen molar-refractivity contribution in [2.75, 3.05) is 27.2 Å². The van der Waals surface area contributed by atoms with Crippen molar-refractivity contribution in [3.63, 3.8) is 0 Å². The number of nitrogens with zero attached hydrogens (tertiary/aromatic N) is 1. The van der Waals surface area contributed by atoms with Gasteiger partial charge in [-0.1, -0.05) is 13.8 Å². The van der Waals surface area contributed by atoms with Crippen LogP contribution in [0.25, 0.3) is 0 Å². The van der Waals surface area contributed by atoms with Gasteiger partial charge in [-0.15, -0.1) is 0 Å². The Balaban J connectivity index is 2.66. The molecule has 0 bridgehead atoms. The quantitative estimate of drug-likeness (QED) is 0.720. The first-order valence-corrected chi connectivity index (χ1v) is 5.38. The van der Waals surface area contributed by atoms with Gasteiger partial charge in [-0.05, 0) is 31.8 Å². The summed E-state index contributed by atoms with van der Waals surface area (Å²) in [6, 6.07) is 0. The summed E-state index contributed by atoms with van der Waals surface area (Å²) < 4.78 is 0. The minimum absolute atomic E-state index is 0.203. The molecule has 1 heterocycles. The first-order chi connectivity index (χ1) is 6.46. The van der Waals surface area contributed by atoms with E-state index < -0.39 is 0 Å². The predicted molar refractivity (Wildman–Crippen MR) is 58.1 cm³/mol. The molecular weight excluding hydrogens is 176 g/mol. The molecule has 1 amide bonds. The maximum Gasteiger partial charge on any atom is 0.227 e. The van der Waals surface area contributed by atoms with Crippen molar-refractivity contribution in [3.05, 3.63) is 0 Å². The van der Waals surface area contributed by atoms with Gasteiger partial charge in [0.25, 0.3) is 0 Å². The minimum Gasteiger partial charge on any atom is -0.348 e. The zero-order valence-electron chi connectivity index (χ0n) is 9.76. The minimum atomic E-state index is -0.203. The molecule has 3 heteroatoms. The first kappa shape index (κ1) is 11.5. The molecule has 14 heavy (non-hydrogen) atoms. The van der Waals surface area contributed by atoms with Gasteiger partial charge in [0.15, 0.2) is 0 Å². The molecule has 3 nitrogen and oxygen atoms in total. The SMILES string of the molecule is CN(C)C(=O)C(C)(C)C1CCNCC1. The molecule has 1 N–H and O–H groups in total. The lowest BCUT2D eigenvalue weighted by Crippen LogP contribution is -2.45. The van der Waals surface area contributed by atoms with Crippen molar-refractivity contribution in [2.24, 2.45) is 11.3 Å². The number of carbonyl (C=O) groups excluding carboxylic acids is 1. The lowest BCUT2D eigenvalue weighted by Gasteiger charge is -2.37. The molecule has 0 saturated carbocycles. The summed E-state index contributed by atoms with van der Waals surface area (Å²) >= 11 is 0. The molecule has 1 saturated heterocycles. The van der Waals surface area contributed by atoms with Gasteiger partial charge in [-0.3, -0.25) is 4.79 Å².